The number of para-hydroxylation sites is 1. The first-order valence-corrected chi connectivity index (χ1v) is 9.95. The van der Waals surface area contributed by atoms with E-state index >= 15 is 0 Å². The Bertz CT molecular complexity index is 888. The monoisotopic (exact) mass is 446 g/mol. The van der Waals surface area contributed by atoms with Gasteiger partial charge < -0.3 is 20.6 Å². The van der Waals surface area contributed by atoms with Crippen molar-refractivity contribution < 1.29 is 42.9 Å². The number of sulfonamides is 1. The van der Waals surface area contributed by atoms with Gasteiger partial charge in [0, 0.05) is 13.1 Å². The van der Waals surface area contributed by atoms with E-state index in [1.165, 1.54) is 24.3 Å². The van der Waals surface area contributed by atoms with Crippen LogP contribution in [-0.4, -0.2) is 96.6 Å². The summed E-state index contributed by atoms with van der Waals surface area (Å²) in [6.45, 7) is -2.48. The maximum absolute atomic E-state index is 12.3. The first kappa shape index (κ1) is 25.0. The fourth-order valence-corrected chi connectivity index (χ4v) is 3.19. The molecule has 0 saturated heterocycles. The average Bonchev–Trinajstić information content (AvgIpc) is 2.57. The number of rotatable bonds is 13. The van der Waals surface area contributed by atoms with Gasteiger partial charge >= 0.3 is 17.9 Å². The summed E-state index contributed by atoms with van der Waals surface area (Å²) in [5.74, 6) is -4.54. The Morgan fingerprint density at radius 1 is 0.833 bits per heavy atom. The van der Waals surface area contributed by atoms with Crippen LogP contribution < -0.4 is 10.5 Å². The highest BCUT2D eigenvalue weighted by molar-refractivity contribution is 7.89. The quantitative estimate of drug-likeness (QED) is 0.227. The van der Waals surface area contributed by atoms with Gasteiger partial charge in [-0.2, -0.15) is 0 Å². The first-order valence-electron chi connectivity index (χ1n) is 8.40. The average molecular weight is 446 g/mol. The van der Waals surface area contributed by atoms with E-state index in [4.69, 9.17) is 20.5 Å². The van der Waals surface area contributed by atoms with E-state index in [1.807, 2.05) is 0 Å². The number of hydrogen-bond donors (Lipinski definition) is 5. The molecule has 0 saturated carbocycles. The molecule has 0 spiro atoms. The van der Waals surface area contributed by atoms with Crippen molar-refractivity contribution in [1.82, 2.24) is 9.80 Å². The summed E-state index contributed by atoms with van der Waals surface area (Å²) >= 11 is 0. The molecule has 0 radical (unpaired) electrons. The number of benzene rings is 1. The maximum atomic E-state index is 12.3. The van der Waals surface area contributed by atoms with Gasteiger partial charge in [-0.1, -0.05) is 12.1 Å². The molecule has 1 amide bonds. The van der Waals surface area contributed by atoms with E-state index in [0.29, 0.717) is 0 Å². The standard InChI is InChI=1S/C16H22N4O9S/c17-30(28,29)12-4-2-1-3-11(12)18-13(21)7-19(8-14(22)23)5-6-20(9-15(24)25)10-16(26)27/h1-4H,5-10H2,(H,18,21)(H,22,23)(H,24,25)(H,26,27)(H2,17,28,29). The summed E-state index contributed by atoms with van der Waals surface area (Å²) in [6.07, 6.45) is 0. The van der Waals surface area contributed by atoms with Gasteiger partial charge in [0.2, 0.25) is 15.9 Å². The highest BCUT2D eigenvalue weighted by Crippen LogP contribution is 2.19. The molecule has 0 unspecified atom stereocenters. The molecule has 14 heteroatoms. The van der Waals surface area contributed by atoms with Crippen LogP contribution >= 0.6 is 0 Å². The fourth-order valence-electron chi connectivity index (χ4n) is 2.50. The maximum Gasteiger partial charge on any atom is 0.317 e. The first-order chi connectivity index (χ1) is 13.9. The molecule has 1 aromatic carbocycles. The second-order valence-electron chi connectivity index (χ2n) is 6.19. The van der Waals surface area contributed by atoms with Crippen molar-refractivity contribution in [2.45, 2.75) is 4.90 Å². The largest absolute Gasteiger partial charge is 0.480 e. The van der Waals surface area contributed by atoms with Crippen LogP contribution in [0.2, 0.25) is 0 Å². The summed E-state index contributed by atoms with van der Waals surface area (Å²) in [4.78, 5) is 46.9. The molecule has 0 heterocycles. The van der Waals surface area contributed by atoms with Crippen LogP contribution in [-0.2, 0) is 29.2 Å². The van der Waals surface area contributed by atoms with Crippen molar-refractivity contribution >= 4 is 39.5 Å². The summed E-state index contributed by atoms with van der Waals surface area (Å²) in [5, 5.41) is 34.1. The van der Waals surface area contributed by atoms with Gasteiger partial charge in [-0.05, 0) is 12.1 Å². The van der Waals surface area contributed by atoms with Crippen molar-refractivity contribution in [1.29, 1.82) is 0 Å². The molecular weight excluding hydrogens is 424 g/mol. The summed E-state index contributed by atoms with van der Waals surface area (Å²) in [5.41, 5.74) is -0.0846. The van der Waals surface area contributed by atoms with E-state index < -0.39 is 60.0 Å². The second-order valence-corrected chi connectivity index (χ2v) is 7.72. The number of amides is 1. The minimum absolute atomic E-state index is 0.0846. The number of carboxylic acid groups (broad SMARTS) is 3. The predicted octanol–water partition coefficient (Wildman–Crippen LogP) is -1.87. The summed E-state index contributed by atoms with van der Waals surface area (Å²) < 4.78 is 23.2. The van der Waals surface area contributed by atoms with Crippen LogP contribution in [0.3, 0.4) is 0 Å². The minimum Gasteiger partial charge on any atom is -0.480 e. The van der Waals surface area contributed by atoms with E-state index in [0.717, 1.165) is 9.80 Å². The van der Waals surface area contributed by atoms with Gasteiger partial charge in [-0.25, -0.2) is 13.6 Å². The Morgan fingerprint density at radius 2 is 1.27 bits per heavy atom. The zero-order chi connectivity index (χ0) is 22.9. The van der Waals surface area contributed by atoms with Crippen LogP contribution in [0.25, 0.3) is 0 Å². The number of nitrogens with zero attached hydrogens (tertiary/aromatic N) is 2. The number of carboxylic acids is 3. The van der Waals surface area contributed by atoms with Crippen molar-refractivity contribution in [3.8, 4) is 0 Å². The van der Waals surface area contributed by atoms with Crippen LogP contribution in [0.4, 0.5) is 5.69 Å². The fraction of sp³-hybridized carbons (Fsp3) is 0.375. The van der Waals surface area contributed by atoms with Gasteiger partial charge in [-0.3, -0.25) is 29.0 Å². The molecule has 166 valence electrons. The Morgan fingerprint density at radius 3 is 1.70 bits per heavy atom. The van der Waals surface area contributed by atoms with Gasteiger partial charge in [0.25, 0.3) is 0 Å². The Balaban J connectivity index is 2.85. The summed E-state index contributed by atoms with van der Waals surface area (Å²) in [6, 6.07) is 5.37. The van der Waals surface area contributed by atoms with Crippen LogP contribution in [0.1, 0.15) is 0 Å². The molecule has 30 heavy (non-hydrogen) atoms. The molecule has 13 nitrogen and oxygen atoms in total. The number of carbonyl (C=O) groups excluding carboxylic acids is 1. The number of anilines is 1. The van der Waals surface area contributed by atoms with Crippen molar-refractivity contribution in [3.05, 3.63) is 24.3 Å². The van der Waals surface area contributed by atoms with Crippen LogP contribution in [0, 0.1) is 0 Å². The molecule has 1 rings (SSSR count). The zero-order valence-corrected chi connectivity index (χ0v) is 16.5. The SMILES string of the molecule is NS(=O)(=O)c1ccccc1NC(=O)CN(CCN(CC(=O)O)CC(=O)O)CC(=O)O. The number of aliphatic carboxylic acids is 3. The van der Waals surface area contributed by atoms with Crippen molar-refractivity contribution in [3.63, 3.8) is 0 Å². The van der Waals surface area contributed by atoms with E-state index in [9.17, 15) is 27.6 Å². The number of hydrogen-bond acceptors (Lipinski definition) is 8. The third kappa shape index (κ3) is 9.42. The van der Waals surface area contributed by atoms with E-state index in [1.54, 1.807) is 0 Å². The molecule has 6 N–H and O–H groups in total. The Labute approximate surface area is 171 Å². The highest BCUT2D eigenvalue weighted by atomic mass is 32.2. The lowest BCUT2D eigenvalue weighted by Gasteiger charge is -2.24. The molecule has 0 aliphatic carbocycles. The molecular formula is C16H22N4O9S. The molecule has 0 bridgehead atoms. The third-order valence-electron chi connectivity index (χ3n) is 3.64. The number of nitrogens with two attached hydrogens (primary N) is 1. The normalized spacial score (nSPS) is 11.4. The van der Waals surface area contributed by atoms with E-state index in [-0.39, 0.29) is 23.7 Å². The number of carbonyl (C=O) groups is 4. The van der Waals surface area contributed by atoms with E-state index in [2.05, 4.69) is 5.32 Å². The lowest BCUT2D eigenvalue weighted by atomic mass is 10.3. The predicted molar refractivity (Wildman–Crippen MR) is 102 cm³/mol. The second kappa shape index (κ2) is 11.2. The van der Waals surface area contributed by atoms with Gasteiger partial charge in [0.05, 0.1) is 31.9 Å². The molecule has 0 fully saturated rings. The number of nitrogens with one attached hydrogen (secondary N) is 1. The molecule has 0 aliphatic rings. The Kier molecular flexibility index (Phi) is 9.32. The van der Waals surface area contributed by atoms with Crippen LogP contribution in [0.15, 0.2) is 29.2 Å². The van der Waals surface area contributed by atoms with Crippen molar-refractivity contribution in [2.24, 2.45) is 5.14 Å². The smallest absolute Gasteiger partial charge is 0.317 e. The van der Waals surface area contributed by atoms with Gasteiger partial charge in [-0.15, -0.1) is 0 Å². The molecule has 0 aromatic heterocycles. The Hall–Kier alpha value is -3.07. The molecule has 0 aliphatic heterocycles. The summed E-state index contributed by atoms with van der Waals surface area (Å²) in [7, 11) is -4.11. The number of primary sulfonamides is 1. The zero-order valence-electron chi connectivity index (χ0n) is 15.7. The topological polar surface area (TPSA) is 208 Å². The van der Waals surface area contributed by atoms with Gasteiger partial charge in [0.15, 0.2) is 0 Å². The highest BCUT2D eigenvalue weighted by Gasteiger charge is 2.20. The lowest BCUT2D eigenvalue weighted by molar-refractivity contribution is -0.143. The molecule has 1 aromatic rings. The molecule has 0 atom stereocenters. The minimum atomic E-state index is -4.11. The van der Waals surface area contributed by atoms with Crippen LogP contribution in [0.5, 0.6) is 0 Å². The third-order valence-corrected chi connectivity index (χ3v) is 4.61. The lowest BCUT2D eigenvalue weighted by Crippen LogP contribution is -2.44. The van der Waals surface area contributed by atoms with Crippen molar-refractivity contribution in [2.75, 3.05) is 44.6 Å². The van der Waals surface area contributed by atoms with Gasteiger partial charge in [0.1, 0.15) is 4.90 Å².